The highest BCUT2D eigenvalue weighted by molar-refractivity contribution is 6.08. The highest BCUT2D eigenvalue weighted by Crippen LogP contribution is 2.20. The Labute approximate surface area is 69.6 Å². The topological polar surface area (TPSA) is 34.1 Å². The van der Waals surface area contributed by atoms with Gasteiger partial charge in [0.1, 0.15) is 0 Å². The number of rotatable bonds is 0. The first-order valence-corrected chi connectivity index (χ1v) is 3.63. The Hall–Kier alpha value is -1.70. The van der Waals surface area contributed by atoms with Crippen LogP contribution in [0, 0.1) is 0 Å². The number of hydrogen-bond donors (Lipinski definition) is 0. The number of carbonyl (C=O) groups excluding carboxylic acids is 2. The van der Waals surface area contributed by atoms with Crippen molar-refractivity contribution >= 4 is 11.6 Å². The van der Waals surface area contributed by atoms with Crippen molar-refractivity contribution in [2.45, 2.75) is 0 Å². The summed E-state index contributed by atoms with van der Waals surface area (Å²) in [6.07, 6.45) is 9.30. The Balaban J connectivity index is 2.48. The summed E-state index contributed by atoms with van der Waals surface area (Å²) >= 11 is 0. The number of ketones is 2. The van der Waals surface area contributed by atoms with Crippen LogP contribution in [0.15, 0.2) is 47.6 Å². The summed E-state index contributed by atoms with van der Waals surface area (Å²) in [7, 11) is 0. The zero-order valence-corrected chi connectivity index (χ0v) is 6.28. The SMILES string of the molecule is O=C1C=CC2=CC(=O)C=CC2=C1. The summed E-state index contributed by atoms with van der Waals surface area (Å²) in [5, 5.41) is 0. The lowest BCUT2D eigenvalue weighted by atomic mass is 9.94. The van der Waals surface area contributed by atoms with Crippen LogP contribution in [0.25, 0.3) is 0 Å². The molecule has 0 saturated carbocycles. The second-order valence-corrected chi connectivity index (χ2v) is 2.67. The van der Waals surface area contributed by atoms with E-state index >= 15 is 0 Å². The van der Waals surface area contributed by atoms with Crippen molar-refractivity contribution in [3.8, 4) is 0 Å². The van der Waals surface area contributed by atoms with E-state index in [1.807, 2.05) is 0 Å². The van der Waals surface area contributed by atoms with E-state index < -0.39 is 0 Å². The molecule has 0 fully saturated rings. The monoisotopic (exact) mass is 158 g/mol. The Kier molecular flexibility index (Phi) is 1.40. The third-order valence-corrected chi connectivity index (χ3v) is 1.78. The van der Waals surface area contributed by atoms with E-state index in [0.29, 0.717) is 0 Å². The van der Waals surface area contributed by atoms with Crippen LogP contribution in [0.4, 0.5) is 0 Å². The molecule has 0 bridgehead atoms. The molecule has 0 unspecified atom stereocenters. The molecule has 2 rings (SSSR count). The van der Waals surface area contributed by atoms with Crippen LogP contribution in [-0.4, -0.2) is 11.6 Å². The first kappa shape index (κ1) is 6.98. The van der Waals surface area contributed by atoms with Crippen molar-refractivity contribution in [1.82, 2.24) is 0 Å². The Morgan fingerprint density at radius 3 is 1.50 bits per heavy atom. The van der Waals surface area contributed by atoms with Crippen LogP contribution >= 0.6 is 0 Å². The third-order valence-electron chi connectivity index (χ3n) is 1.78. The van der Waals surface area contributed by atoms with Gasteiger partial charge in [0.15, 0.2) is 11.6 Å². The highest BCUT2D eigenvalue weighted by atomic mass is 16.1. The van der Waals surface area contributed by atoms with Gasteiger partial charge in [-0.05, 0) is 35.5 Å². The molecule has 0 aromatic rings. The van der Waals surface area contributed by atoms with Crippen LogP contribution in [-0.2, 0) is 9.59 Å². The molecule has 2 nitrogen and oxygen atoms in total. The van der Waals surface area contributed by atoms with Gasteiger partial charge in [-0.2, -0.15) is 0 Å². The predicted molar refractivity (Wildman–Crippen MR) is 44.5 cm³/mol. The van der Waals surface area contributed by atoms with Gasteiger partial charge < -0.3 is 0 Å². The fourth-order valence-electron chi connectivity index (χ4n) is 1.20. The number of carbonyl (C=O) groups is 2. The average molecular weight is 158 g/mol. The van der Waals surface area contributed by atoms with Gasteiger partial charge in [0, 0.05) is 0 Å². The standard InChI is InChI=1S/C10H6O2/c11-9-3-1-7-5-10(12)4-2-8(7)6-9/h1-6H. The van der Waals surface area contributed by atoms with E-state index in [2.05, 4.69) is 0 Å². The van der Waals surface area contributed by atoms with Crippen molar-refractivity contribution in [2.75, 3.05) is 0 Å². The minimum atomic E-state index is -0.0267. The first-order chi connectivity index (χ1) is 5.75. The molecular formula is C10H6O2. The van der Waals surface area contributed by atoms with Crippen LogP contribution in [0.2, 0.25) is 0 Å². The summed E-state index contributed by atoms with van der Waals surface area (Å²) in [5.74, 6) is -0.0534. The van der Waals surface area contributed by atoms with E-state index in [1.54, 1.807) is 12.2 Å². The van der Waals surface area contributed by atoms with Crippen LogP contribution < -0.4 is 0 Å². The Morgan fingerprint density at radius 2 is 1.08 bits per heavy atom. The van der Waals surface area contributed by atoms with Crippen molar-refractivity contribution in [3.05, 3.63) is 47.6 Å². The predicted octanol–water partition coefficient (Wildman–Crippen LogP) is 1.12. The highest BCUT2D eigenvalue weighted by Gasteiger charge is 2.11. The normalized spacial score (nSPS) is 20.3. The molecular weight excluding hydrogens is 152 g/mol. The summed E-state index contributed by atoms with van der Waals surface area (Å²) in [6.45, 7) is 0. The molecule has 0 spiro atoms. The minimum Gasteiger partial charge on any atom is -0.290 e. The molecule has 2 aliphatic rings. The first-order valence-electron chi connectivity index (χ1n) is 3.63. The largest absolute Gasteiger partial charge is 0.290 e. The van der Waals surface area contributed by atoms with Gasteiger partial charge >= 0.3 is 0 Å². The molecule has 0 heterocycles. The number of allylic oxidation sites excluding steroid dienone is 8. The summed E-state index contributed by atoms with van der Waals surface area (Å²) < 4.78 is 0. The molecule has 2 heteroatoms. The molecule has 0 radical (unpaired) electrons. The van der Waals surface area contributed by atoms with E-state index in [0.717, 1.165) is 11.1 Å². The fourth-order valence-corrected chi connectivity index (χ4v) is 1.20. The number of hydrogen-bond acceptors (Lipinski definition) is 2. The van der Waals surface area contributed by atoms with Crippen molar-refractivity contribution in [1.29, 1.82) is 0 Å². The summed E-state index contributed by atoms with van der Waals surface area (Å²) in [4.78, 5) is 21.8. The average Bonchev–Trinajstić information content (AvgIpc) is 2.05. The van der Waals surface area contributed by atoms with Gasteiger partial charge in [-0.3, -0.25) is 9.59 Å². The molecule has 12 heavy (non-hydrogen) atoms. The smallest absolute Gasteiger partial charge is 0.179 e. The van der Waals surface area contributed by atoms with Crippen LogP contribution in [0.3, 0.4) is 0 Å². The Bertz CT molecular complexity index is 341. The van der Waals surface area contributed by atoms with Crippen molar-refractivity contribution in [2.24, 2.45) is 0 Å². The summed E-state index contributed by atoms with van der Waals surface area (Å²) in [6, 6.07) is 0. The quantitative estimate of drug-likeness (QED) is 0.529. The van der Waals surface area contributed by atoms with E-state index in [1.165, 1.54) is 24.3 Å². The lowest BCUT2D eigenvalue weighted by molar-refractivity contribution is -0.111. The molecule has 0 N–H and O–H groups in total. The molecule has 0 aromatic heterocycles. The van der Waals surface area contributed by atoms with Crippen molar-refractivity contribution < 1.29 is 9.59 Å². The zero-order chi connectivity index (χ0) is 8.55. The molecule has 0 amide bonds. The molecule has 0 aromatic carbocycles. The molecule has 0 atom stereocenters. The van der Waals surface area contributed by atoms with Crippen LogP contribution in [0.1, 0.15) is 0 Å². The lowest BCUT2D eigenvalue weighted by Crippen LogP contribution is -2.03. The molecule has 0 saturated heterocycles. The van der Waals surface area contributed by atoms with E-state index in [-0.39, 0.29) is 11.6 Å². The molecule has 0 aliphatic heterocycles. The minimum absolute atomic E-state index is 0.0267. The lowest BCUT2D eigenvalue weighted by Gasteiger charge is -2.09. The molecule has 58 valence electrons. The second kappa shape index (κ2) is 2.41. The van der Waals surface area contributed by atoms with Crippen molar-refractivity contribution in [3.63, 3.8) is 0 Å². The zero-order valence-electron chi connectivity index (χ0n) is 6.28. The van der Waals surface area contributed by atoms with Gasteiger partial charge in [-0.25, -0.2) is 0 Å². The fraction of sp³-hybridized carbons (Fsp3) is 0. The van der Waals surface area contributed by atoms with E-state index in [9.17, 15) is 9.59 Å². The van der Waals surface area contributed by atoms with Gasteiger partial charge in [-0.15, -0.1) is 0 Å². The maximum atomic E-state index is 10.9. The number of fused-ring (bicyclic) bond motifs is 1. The maximum absolute atomic E-state index is 10.9. The second-order valence-electron chi connectivity index (χ2n) is 2.67. The maximum Gasteiger partial charge on any atom is 0.179 e. The summed E-state index contributed by atoms with van der Waals surface area (Å²) in [5.41, 5.74) is 1.64. The van der Waals surface area contributed by atoms with Gasteiger partial charge in [0.25, 0.3) is 0 Å². The molecule has 2 aliphatic carbocycles. The van der Waals surface area contributed by atoms with Crippen LogP contribution in [0.5, 0.6) is 0 Å². The van der Waals surface area contributed by atoms with Gasteiger partial charge in [0.05, 0.1) is 0 Å². The third kappa shape index (κ3) is 1.07. The van der Waals surface area contributed by atoms with E-state index in [4.69, 9.17) is 0 Å². The Morgan fingerprint density at radius 1 is 0.667 bits per heavy atom. The van der Waals surface area contributed by atoms with Gasteiger partial charge in [0.2, 0.25) is 0 Å². The van der Waals surface area contributed by atoms with Gasteiger partial charge in [-0.1, -0.05) is 12.2 Å².